The Labute approximate surface area is 123 Å². The van der Waals surface area contributed by atoms with Crippen LogP contribution in [0.1, 0.15) is 18.4 Å². The fourth-order valence-corrected chi connectivity index (χ4v) is 3.43. The summed E-state index contributed by atoms with van der Waals surface area (Å²) in [6.45, 7) is 0.697. The molecule has 0 saturated carbocycles. The van der Waals surface area contributed by atoms with Crippen LogP contribution < -0.4 is 10.5 Å². The van der Waals surface area contributed by atoms with E-state index in [0.717, 1.165) is 12.8 Å². The van der Waals surface area contributed by atoms with Gasteiger partial charge in [0.1, 0.15) is 5.82 Å². The van der Waals surface area contributed by atoms with E-state index in [9.17, 15) is 12.8 Å². The van der Waals surface area contributed by atoms with Gasteiger partial charge in [-0.1, -0.05) is 11.8 Å². The van der Waals surface area contributed by atoms with Gasteiger partial charge in [0.25, 0.3) is 0 Å². The van der Waals surface area contributed by atoms with Crippen LogP contribution >= 0.6 is 0 Å². The largest absolute Gasteiger partial charge is 0.377 e. The lowest BCUT2D eigenvalue weighted by Gasteiger charge is -2.13. The number of anilines is 1. The fraction of sp³-hybridized carbons (Fsp3) is 0.429. The van der Waals surface area contributed by atoms with Crippen molar-refractivity contribution in [3.05, 3.63) is 29.6 Å². The topological polar surface area (TPSA) is 81.4 Å². The summed E-state index contributed by atoms with van der Waals surface area (Å²) >= 11 is 0. The molecule has 2 rings (SSSR count). The van der Waals surface area contributed by atoms with Crippen molar-refractivity contribution in [3.8, 4) is 11.8 Å². The van der Waals surface area contributed by atoms with Gasteiger partial charge >= 0.3 is 0 Å². The molecule has 5 nitrogen and oxygen atoms in total. The van der Waals surface area contributed by atoms with Gasteiger partial charge in [-0.15, -0.1) is 0 Å². The Kier molecular flexibility index (Phi) is 5.17. The van der Waals surface area contributed by atoms with Crippen molar-refractivity contribution >= 4 is 15.7 Å². The van der Waals surface area contributed by atoms with Gasteiger partial charge in [-0.2, -0.15) is 0 Å². The summed E-state index contributed by atoms with van der Waals surface area (Å²) in [6.07, 6.45) is 1.30. The summed E-state index contributed by atoms with van der Waals surface area (Å²) in [7, 11) is -3.57. The molecule has 114 valence electrons. The van der Waals surface area contributed by atoms with Crippen LogP contribution in [-0.4, -0.2) is 33.4 Å². The van der Waals surface area contributed by atoms with Gasteiger partial charge in [-0.05, 0) is 31.0 Å². The Balaban J connectivity index is 2.17. The third-order valence-corrected chi connectivity index (χ3v) is 4.34. The van der Waals surface area contributed by atoms with E-state index in [-0.39, 0.29) is 29.7 Å². The van der Waals surface area contributed by atoms with Gasteiger partial charge in [-0.3, -0.25) is 4.72 Å². The first-order chi connectivity index (χ1) is 10.00. The highest BCUT2D eigenvalue weighted by Crippen LogP contribution is 2.20. The second-order valence-corrected chi connectivity index (χ2v) is 6.48. The molecule has 1 fully saturated rings. The normalized spacial score (nSPS) is 18.1. The second kappa shape index (κ2) is 6.89. The minimum Gasteiger partial charge on any atom is -0.377 e. The molecule has 1 atom stereocenters. The number of sulfonamides is 1. The van der Waals surface area contributed by atoms with E-state index in [1.165, 1.54) is 18.2 Å². The van der Waals surface area contributed by atoms with Crippen LogP contribution in [-0.2, 0) is 14.8 Å². The van der Waals surface area contributed by atoms with E-state index < -0.39 is 15.8 Å². The zero-order chi connectivity index (χ0) is 15.3. The van der Waals surface area contributed by atoms with Crippen molar-refractivity contribution in [2.24, 2.45) is 5.73 Å². The highest BCUT2D eigenvalue weighted by molar-refractivity contribution is 7.92. The molecule has 1 aromatic carbocycles. The Morgan fingerprint density at radius 3 is 2.95 bits per heavy atom. The zero-order valence-corrected chi connectivity index (χ0v) is 12.2. The highest BCUT2D eigenvalue weighted by atomic mass is 32.2. The first kappa shape index (κ1) is 15.8. The summed E-state index contributed by atoms with van der Waals surface area (Å²) < 4.78 is 45.2. The molecule has 1 aliphatic heterocycles. The van der Waals surface area contributed by atoms with Crippen LogP contribution in [0.5, 0.6) is 0 Å². The number of nitrogens with one attached hydrogen (secondary N) is 1. The molecule has 0 aromatic heterocycles. The van der Waals surface area contributed by atoms with Crippen LogP contribution in [0, 0.1) is 17.7 Å². The van der Waals surface area contributed by atoms with Gasteiger partial charge < -0.3 is 10.5 Å². The molecule has 21 heavy (non-hydrogen) atoms. The Morgan fingerprint density at radius 1 is 1.48 bits per heavy atom. The average molecular weight is 312 g/mol. The van der Waals surface area contributed by atoms with Crippen molar-refractivity contribution in [1.29, 1.82) is 0 Å². The molecule has 1 aromatic rings. The fourth-order valence-electron chi connectivity index (χ4n) is 2.08. The minimum atomic E-state index is -3.57. The SMILES string of the molecule is NCC#Cc1cc(F)ccc1NS(=O)(=O)CC1CCCO1. The number of hydrogen-bond donors (Lipinski definition) is 2. The van der Waals surface area contributed by atoms with Gasteiger partial charge in [0.15, 0.2) is 0 Å². The number of benzene rings is 1. The van der Waals surface area contributed by atoms with Gasteiger partial charge in [0.05, 0.1) is 29.7 Å². The third-order valence-electron chi connectivity index (χ3n) is 3.00. The number of halogens is 1. The van der Waals surface area contributed by atoms with E-state index >= 15 is 0 Å². The maximum atomic E-state index is 13.2. The summed E-state index contributed by atoms with van der Waals surface area (Å²) in [5, 5.41) is 0. The Morgan fingerprint density at radius 2 is 2.29 bits per heavy atom. The van der Waals surface area contributed by atoms with E-state index in [4.69, 9.17) is 10.5 Å². The third kappa shape index (κ3) is 4.70. The molecule has 0 aliphatic carbocycles. The van der Waals surface area contributed by atoms with Gasteiger partial charge in [0.2, 0.25) is 10.0 Å². The van der Waals surface area contributed by atoms with Gasteiger partial charge in [-0.25, -0.2) is 12.8 Å². The summed E-state index contributed by atoms with van der Waals surface area (Å²) in [5.74, 6) is 4.63. The number of ether oxygens (including phenoxy) is 1. The molecule has 1 heterocycles. The molecular weight excluding hydrogens is 295 g/mol. The molecule has 1 unspecified atom stereocenters. The zero-order valence-electron chi connectivity index (χ0n) is 11.4. The van der Waals surface area contributed by atoms with E-state index in [1.807, 2.05) is 0 Å². The average Bonchev–Trinajstić information content (AvgIpc) is 2.90. The highest BCUT2D eigenvalue weighted by Gasteiger charge is 2.23. The Hall–Kier alpha value is -1.62. The summed E-state index contributed by atoms with van der Waals surface area (Å²) in [4.78, 5) is 0. The van der Waals surface area contributed by atoms with Gasteiger partial charge in [0, 0.05) is 6.61 Å². The quantitative estimate of drug-likeness (QED) is 0.815. The summed E-state index contributed by atoms with van der Waals surface area (Å²) in [5.41, 5.74) is 5.78. The van der Waals surface area contributed by atoms with Crippen LogP contribution in [0.15, 0.2) is 18.2 Å². The first-order valence-electron chi connectivity index (χ1n) is 6.61. The molecule has 0 spiro atoms. The number of hydrogen-bond acceptors (Lipinski definition) is 4. The first-order valence-corrected chi connectivity index (χ1v) is 8.26. The summed E-state index contributed by atoms with van der Waals surface area (Å²) in [6, 6.07) is 3.70. The lowest BCUT2D eigenvalue weighted by atomic mass is 10.2. The molecule has 7 heteroatoms. The minimum absolute atomic E-state index is 0.110. The van der Waals surface area contributed by atoms with Crippen molar-refractivity contribution in [1.82, 2.24) is 0 Å². The van der Waals surface area contributed by atoms with Crippen LogP contribution in [0.2, 0.25) is 0 Å². The van der Waals surface area contributed by atoms with Crippen LogP contribution in [0.3, 0.4) is 0 Å². The molecular formula is C14H17FN2O3S. The van der Waals surface area contributed by atoms with E-state index in [0.29, 0.717) is 6.61 Å². The van der Waals surface area contributed by atoms with E-state index in [1.54, 1.807) is 0 Å². The maximum Gasteiger partial charge on any atom is 0.235 e. The number of rotatable bonds is 4. The standard InChI is InChI=1S/C14H17FN2O3S/c15-12-5-6-14(11(9-12)3-1-7-16)17-21(18,19)10-13-4-2-8-20-13/h5-6,9,13,17H,2,4,7-8,10,16H2. The molecule has 0 bridgehead atoms. The predicted molar refractivity (Wildman–Crippen MR) is 78.7 cm³/mol. The monoisotopic (exact) mass is 312 g/mol. The Bertz CT molecular complexity index is 659. The lowest BCUT2D eigenvalue weighted by Crippen LogP contribution is -2.26. The molecule has 1 saturated heterocycles. The van der Waals surface area contributed by atoms with Crippen molar-refractivity contribution in [3.63, 3.8) is 0 Å². The lowest BCUT2D eigenvalue weighted by molar-refractivity contribution is 0.127. The smallest absolute Gasteiger partial charge is 0.235 e. The van der Waals surface area contributed by atoms with E-state index in [2.05, 4.69) is 16.6 Å². The molecule has 1 aliphatic rings. The van der Waals surface area contributed by atoms with Crippen molar-refractivity contribution in [2.75, 3.05) is 23.6 Å². The molecule has 0 amide bonds. The molecule has 3 N–H and O–H groups in total. The second-order valence-electron chi connectivity index (χ2n) is 4.71. The van der Waals surface area contributed by atoms with Crippen molar-refractivity contribution < 1.29 is 17.5 Å². The van der Waals surface area contributed by atoms with Crippen LogP contribution in [0.25, 0.3) is 0 Å². The van der Waals surface area contributed by atoms with Crippen LogP contribution in [0.4, 0.5) is 10.1 Å². The maximum absolute atomic E-state index is 13.2. The molecule has 0 radical (unpaired) electrons. The predicted octanol–water partition coefficient (Wildman–Crippen LogP) is 1.06. The number of nitrogens with two attached hydrogens (primary N) is 1. The van der Waals surface area contributed by atoms with Crippen molar-refractivity contribution in [2.45, 2.75) is 18.9 Å².